The van der Waals surface area contributed by atoms with Crippen LogP contribution in [0, 0.1) is 12.7 Å². The van der Waals surface area contributed by atoms with Crippen molar-refractivity contribution in [2.24, 2.45) is 0 Å². The fourth-order valence-electron chi connectivity index (χ4n) is 2.02. The van der Waals surface area contributed by atoms with Gasteiger partial charge in [-0.15, -0.1) is 0 Å². The van der Waals surface area contributed by atoms with Crippen molar-refractivity contribution in [3.63, 3.8) is 0 Å². The van der Waals surface area contributed by atoms with Crippen LogP contribution in [-0.2, 0) is 0 Å². The Bertz CT molecular complexity index is 303. The predicted molar refractivity (Wildman–Crippen MR) is 51.4 cm³/mol. The number of nitrogens with one attached hydrogen (secondary N) is 1. The molecule has 1 heterocycles. The molecule has 1 aliphatic heterocycles. The largest absolute Gasteiger partial charge is 0.316 e. The highest BCUT2D eigenvalue weighted by Crippen LogP contribution is 2.25. The molecule has 0 aromatic heterocycles. The summed E-state index contributed by atoms with van der Waals surface area (Å²) in [5.41, 5.74) is 2.38. The third-order valence-electron chi connectivity index (χ3n) is 2.73. The van der Waals surface area contributed by atoms with Crippen molar-refractivity contribution in [3.8, 4) is 0 Å². The van der Waals surface area contributed by atoms with Crippen LogP contribution >= 0.6 is 0 Å². The minimum Gasteiger partial charge on any atom is -0.316 e. The molecule has 0 radical (unpaired) electrons. The van der Waals surface area contributed by atoms with E-state index < -0.39 is 0 Å². The molecule has 0 unspecified atom stereocenters. The first-order valence-corrected chi connectivity index (χ1v) is 4.74. The standard InChI is InChI=1S/C11H14FN/c1-8-6-10(12)2-3-11(8)9-4-5-13-7-9/h2-3,6,9,13H,4-5,7H2,1H3/t9-/m1/s1. The second kappa shape index (κ2) is 3.46. The van der Waals surface area contributed by atoms with Gasteiger partial charge in [-0.05, 0) is 49.1 Å². The molecule has 0 amide bonds. The number of benzene rings is 1. The van der Waals surface area contributed by atoms with Gasteiger partial charge in [0.1, 0.15) is 5.82 Å². The average molecular weight is 179 g/mol. The number of aryl methyl sites for hydroxylation is 1. The molecular weight excluding hydrogens is 165 g/mol. The van der Waals surface area contributed by atoms with Gasteiger partial charge < -0.3 is 5.32 Å². The zero-order chi connectivity index (χ0) is 9.26. The summed E-state index contributed by atoms with van der Waals surface area (Å²) >= 11 is 0. The maximum absolute atomic E-state index is 12.8. The van der Waals surface area contributed by atoms with Crippen molar-refractivity contribution in [2.45, 2.75) is 19.3 Å². The molecule has 0 aliphatic carbocycles. The molecule has 2 rings (SSSR count). The quantitative estimate of drug-likeness (QED) is 0.697. The maximum atomic E-state index is 12.8. The topological polar surface area (TPSA) is 12.0 Å². The first-order chi connectivity index (χ1) is 6.27. The zero-order valence-corrected chi connectivity index (χ0v) is 7.81. The van der Waals surface area contributed by atoms with Crippen LogP contribution in [0.5, 0.6) is 0 Å². The van der Waals surface area contributed by atoms with Crippen LogP contribution < -0.4 is 5.32 Å². The molecule has 1 aromatic rings. The number of halogens is 1. The molecule has 0 saturated carbocycles. The highest BCUT2D eigenvalue weighted by molar-refractivity contribution is 5.30. The van der Waals surface area contributed by atoms with Gasteiger partial charge in [-0.2, -0.15) is 0 Å². The molecule has 1 fully saturated rings. The van der Waals surface area contributed by atoms with Crippen LogP contribution in [-0.4, -0.2) is 13.1 Å². The lowest BCUT2D eigenvalue weighted by atomic mass is 9.94. The summed E-state index contributed by atoms with van der Waals surface area (Å²) in [5, 5.41) is 3.32. The Labute approximate surface area is 78.0 Å². The lowest BCUT2D eigenvalue weighted by molar-refractivity contribution is 0.623. The molecule has 1 nitrogen and oxygen atoms in total. The molecule has 1 atom stereocenters. The van der Waals surface area contributed by atoms with E-state index in [4.69, 9.17) is 0 Å². The Morgan fingerprint density at radius 2 is 2.31 bits per heavy atom. The van der Waals surface area contributed by atoms with Crippen molar-refractivity contribution in [2.75, 3.05) is 13.1 Å². The highest BCUT2D eigenvalue weighted by atomic mass is 19.1. The number of hydrogen-bond acceptors (Lipinski definition) is 1. The third-order valence-corrected chi connectivity index (χ3v) is 2.73. The molecule has 1 aromatic carbocycles. The molecule has 70 valence electrons. The van der Waals surface area contributed by atoms with Gasteiger partial charge in [-0.1, -0.05) is 6.07 Å². The molecule has 2 heteroatoms. The van der Waals surface area contributed by atoms with E-state index in [1.54, 1.807) is 12.1 Å². The Balaban J connectivity index is 2.29. The van der Waals surface area contributed by atoms with Crippen molar-refractivity contribution >= 4 is 0 Å². The van der Waals surface area contributed by atoms with E-state index >= 15 is 0 Å². The molecule has 1 N–H and O–H groups in total. The summed E-state index contributed by atoms with van der Waals surface area (Å²) in [5.74, 6) is 0.452. The normalized spacial score (nSPS) is 22.2. The van der Waals surface area contributed by atoms with Gasteiger partial charge in [0.2, 0.25) is 0 Å². The van der Waals surface area contributed by atoms with Crippen LogP contribution in [0.4, 0.5) is 4.39 Å². The first kappa shape index (κ1) is 8.70. The van der Waals surface area contributed by atoms with Gasteiger partial charge in [-0.3, -0.25) is 0 Å². The van der Waals surface area contributed by atoms with Gasteiger partial charge in [0.25, 0.3) is 0 Å². The SMILES string of the molecule is Cc1cc(F)ccc1[C@@H]1CCNC1. The summed E-state index contributed by atoms with van der Waals surface area (Å²) in [6.45, 7) is 4.10. The number of rotatable bonds is 1. The van der Waals surface area contributed by atoms with E-state index in [1.165, 1.54) is 12.0 Å². The second-order valence-corrected chi connectivity index (χ2v) is 3.69. The molecule has 0 spiro atoms. The molecule has 1 aliphatic rings. The first-order valence-electron chi connectivity index (χ1n) is 4.74. The minimum absolute atomic E-state index is 0.132. The monoisotopic (exact) mass is 179 g/mol. The lowest BCUT2D eigenvalue weighted by Crippen LogP contribution is -2.08. The van der Waals surface area contributed by atoms with Gasteiger partial charge >= 0.3 is 0 Å². The molecule has 13 heavy (non-hydrogen) atoms. The Morgan fingerprint density at radius 1 is 1.46 bits per heavy atom. The van der Waals surface area contributed by atoms with E-state index in [-0.39, 0.29) is 5.82 Å². The third kappa shape index (κ3) is 1.73. The van der Waals surface area contributed by atoms with Crippen LogP contribution in [0.3, 0.4) is 0 Å². The summed E-state index contributed by atoms with van der Waals surface area (Å²) in [7, 11) is 0. The zero-order valence-electron chi connectivity index (χ0n) is 7.81. The van der Waals surface area contributed by atoms with Gasteiger partial charge in [0, 0.05) is 6.54 Å². The highest BCUT2D eigenvalue weighted by Gasteiger charge is 2.17. The fourth-order valence-corrected chi connectivity index (χ4v) is 2.02. The van der Waals surface area contributed by atoms with Crippen LogP contribution in [0.2, 0.25) is 0 Å². The smallest absolute Gasteiger partial charge is 0.123 e. The van der Waals surface area contributed by atoms with Crippen molar-refractivity contribution in [1.29, 1.82) is 0 Å². The van der Waals surface area contributed by atoms with E-state index in [0.29, 0.717) is 5.92 Å². The average Bonchev–Trinajstić information content (AvgIpc) is 2.56. The predicted octanol–water partition coefficient (Wildman–Crippen LogP) is 2.21. The van der Waals surface area contributed by atoms with Crippen LogP contribution in [0.15, 0.2) is 18.2 Å². The second-order valence-electron chi connectivity index (χ2n) is 3.69. The summed E-state index contributed by atoms with van der Waals surface area (Å²) in [6.07, 6.45) is 1.17. The van der Waals surface area contributed by atoms with Crippen molar-refractivity contribution in [3.05, 3.63) is 35.1 Å². The lowest BCUT2D eigenvalue weighted by Gasteiger charge is -2.11. The number of hydrogen-bond donors (Lipinski definition) is 1. The van der Waals surface area contributed by atoms with E-state index in [1.807, 2.05) is 13.0 Å². The van der Waals surface area contributed by atoms with Crippen molar-refractivity contribution < 1.29 is 4.39 Å². The summed E-state index contributed by atoms with van der Waals surface area (Å²) in [4.78, 5) is 0. The Hall–Kier alpha value is -0.890. The maximum Gasteiger partial charge on any atom is 0.123 e. The Morgan fingerprint density at radius 3 is 2.92 bits per heavy atom. The Kier molecular flexibility index (Phi) is 2.32. The molecule has 0 bridgehead atoms. The van der Waals surface area contributed by atoms with Gasteiger partial charge in [0.15, 0.2) is 0 Å². The van der Waals surface area contributed by atoms with Gasteiger partial charge in [0.05, 0.1) is 0 Å². The van der Waals surface area contributed by atoms with Crippen LogP contribution in [0.25, 0.3) is 0 Å². The van der Waals surface area contributed by atoms with Crippen LogP contribution in [0.1, 0.15) is 23.5 Å². The van der Waals surface area contributed by atoms with E-state index in [9.17, 15) is 4.39 Å². The fraction of sp³-hybridized carbons (Fsp3) is 0.455. The minimum atomic E-state index is -0.132. The molecular formula is C11H14FN. The van der Waals surface area contributed by atoms with Crippen molar-refractivity contribution in [1.82, 2.24) is 5.32 Å². The summed E-state index contributed by atoms with van der Waals surface area (Å²) in [6, 6.07) is 5.09. The van der Waals surface area contributed by atoms with E-state index in [0.717, 1.165) is 18.7 Å². The molecule has 1 saturated heterocycles. The van der Waals surface area contributed by atoms with E-state index in [2.05, 4.69) is 5.32 Å². The van der Waals surface area contributed by atoms with Gasteiger partial charge in [-0.25, -0.2) is 4.39 Å². The summed E-state index contributed by atoms with van der Waals surface area (Å²) < 4.78 is 12.8.